The largest absolute Gasteiger partial charge is 0.493 e. The summed E-state index contributed by atoms with van der Waals surface area (Å²) in [7, 11) is 0. The van der Waals surface area contributed by atoms with Crippen molar-refractivity contribution in [3.63, 3.8) is 0 Å². The van der Waals surface area contributed by atoms with Crippen LogP contribution in [0, 0.1) is 10.1 Å². The Kier molecular flexibility index (Phi) is 5.49. The van der Waals surface area contributed by atoms with Gasteiger partial charge in [-0.25, -0.2) is 0 Å². The van der Waals surface area contributed by atoms with E-state index in [0.29, 0.717) is 0 Å². The molecule has 0 bridgehead atoms. The first-order chi connectivity index (χ1) is 8.90. The quantitative estimate of drug-likeness (QED) is 0.322. The molecule has 0 radical (unpaired) electrons. The van der Waals surface area contributed by atoms with Crippen LogP contribution in [-0.4, -0.2) is 39.4 Å². The van der Waals surface area contributed by atoms with Crippen LogP contribution in [0.1, 0.15) is 13.3 Å². The van der Waals surface area contributed by atoms with Crippen molar-refractivity contribution >= 4 is 11.4 Å². The highest BCUT2D eigenvalue weighted by atomic mass is 16.6. The molecular weight excluding hydrogens is 256 g/mol. The van der Waals surface area contributed by atoms with Gasteiger partial charge in [0.15, 0.2) is 6.29 Å². The molecule has 4 N–H and O–H groups in total. The molecule has 0 heterocycles. The van der Waals surface area contributed by atoms with Crippen molar-refractivity contribution in [2.45, 2.75) is 25.9 Å². The van der Waals surface area contributed by atoms with Gasteiger partial charge in [0.1, 0.15) is 17.7 Å². The van der Waals surface area contributed by atoms with Gasteiger partial charge in [0.25, 0.3) is 5.69 Å². The zero-order valence-corrected chi connectivity index (χ0v) is 10.3. The number of nitro benzene ring substituents is 1. The Bertz CT molecular complexity index is 435. The Morgan fingerprint density at radius 1 is 1.42 bits per heavy atom. The monoisotopic (exact) mass is 272 g/mol. The van der Waals surface area contributed by atoms with Crippen LogP contribution in [0.2, 0.25) is 0 Å². The zero-order valence-electron chi connectivity index (χ0n) is 10.3. The molecule has 1 aromatic rings. The first-order valence-electron chi connectivity index (χ1n) is 5.62. The third-order valence-electron chi connectivity index (χ3n) is 2.18. The van der Waals surface area contributed by atoms with Gasteiger partial charge in [-0.3, -0.25) is 10.1 Å². The maximum absolute atomic E-state index is 10.9. The van der Waals surface area contributed by atoms with Crippen LogP contribution in [0.4, 0.5) is 11.4 Å². The number of hydrogen-bond donors (Lipinski definition) is 4. The zero-order chi connectivity index (χ0) is 14.4. The molecular formula is C11H16N2O6. The molecule has 19 heavy (non-hydrogen) atoms. The lowest BCUT2D eigenvalue weighted by Crippen LogP contribution is -2.14. The molecule has 0 amide bonds. The van der Waals surface area contributed by atoms with Gasteiger partial charge in [0.05, 0.1) is 17.6 Å². The molecule has 1 aromatic carbocycles. The van der Waals surface area contributed by atoms with E-state index in [1.165, 1.54) is 25.1 Å². The molecule has 1 atom stereocenters. The highest BCUT2D eigenvalue weighted by Crippen LogP contribution is 2.29. The second-order valence-corrected chi connectivity index (χ2v) is 3.87. The van der Waals surface area contributed by atoms with Gasteiger partial charge >= 0.3 is 0 Å². The topological polar surface area (TPSA) is 125 Å². The number of aliphatic hydroxyl groups excluding tert-OH is 2. The van der Waals surface area contributed by atoms with Crippen molar-refractivity contribution in [1.29, 1.82) is 0 Å². The van der Waals surface area contributed by atoms with E-state index in [4.69, 9.17) is 20.1 Å². The fraction of sp³-hybridized carbons (Fsp3) is 0.455. The van der Waals surface area contributed by atoms with E-state index < -0.39 is 17.4 Å². The third-order valence-corrected chi connectivity index (χ3v) is 2.18. The fourth-order valence-electron chi connectivity index (χ4n) is 1.38. The Morgan fingerprint density at radius 2 is 2.11 bits per heavy atom. The van der Waals surface area contributed by atoms with Crippen LogP contribution in [-0.2, 0) is 0 Å². The summed E-state index contributed by atoms with van der Waals surface area (Å²) in [5.74, 6) is 0.239. The lowest BCUT2D eigenvalue weighted by atomic mass is 10.2. The first-order valence-corrected chi connectivity index (χ1v) is 5.62. The number of nitro groups is 1. The summed E-state index contributed by atoms with van der Waals surface area (Å²) in [5.41, 5.74) is -0.0579. The first kappa shape index (κ1) is 15.2. The summed E-state index contributed by atoms with van der Waals surface area (Å²) in [6.45, 7) is 1.47. The number of ether oxygens (including phenoxy) is 1. The minimum absolute atomic E-state index is 0.00146. The fourth-order valence-corrected chi connectivity index (χ4v) is 1.38. The maximum atomic E-state index is 10.9. The Morgan fingerprint density at radius 3 is 2.63 bits per heavy atom. The molecule has 0 aliphatic carbocycles. The smallest absolute Gasteiger partial charge is 0.296 e. The van der Waals surface area contributed by atoms with Crippen molar-refractivity contribution < 1.29 is 25.0 Å². The Hall–Kier alpha value is -1.90. The average molecular weight is 272 g/mol. The summed E-state index contributed by atoms with van der Waals surface area (Å²) >= 11 is 0. The van der Waals surface area contributed by atoms with E-state index >= 15 is 0 Å². The highest BCUT2D eigenvalue weighted by Gasteiger charge is 2.16. The Balaban J connectivity index is 2.81. The lowest BCUT2D eigenvalue weighted by Gasteiger charge is -2.11. The van der Waals surface area contributed by atoms with Crippen molar-refractivity contribution in [1.82, 2.24) is 0 Å². The van der Waals surface area contributed by atoms with Gasteiger partial charge in [0, 0.05) is 6.42 Å². The number of nitrogens with one attached hydrogen (secondary N) is 1. The molecule has 8 nitrogen and oxygen atoms in total. The maximum Gasteiger partial charge on any atom is 0.296 e. The van der Waals surface area contributed by atoms with Crippen LogP contribution in [0.15, 0.2) is 18.2 Å². The van der Waals surface area contributed by atoms with Gasteiger partial charge in [0.2, 0.25) is 0 Å². The molecule has 0 aromatic heterocycles. The van der Waals surface area contributed by atoms with Crippen molar-refractivity contribution in [2.75, 3.05) is 11.9 Å². The molecule has 0 spiro atoms. The van der Waals surface area contributed by atoms with Crippen molar-refractivity contribution in [2.24, 2.45) is 0 Å². The van der Waals surface area contributed by atoms with Crippen LogP contribution in [0.25, 0.3) is 0 Å². The summed E-state index contributed by atoms with van der Waals surface area (Å²) in [4.78, 5) is 10.3. The van der Waals surface area contributed by atoms with Crippen LogP contribution < -0.4 is 10.1 Å². The average Bonchev–Trinajstić information content (AvgIpc) is 2.29. The van der Waals surface area contributed by atoms with Crippen LogP contribution in [0.5, 0.6) is 5.75 Å². The van der Waals surface area contributed by atoms with Gasteiger partial charge in [-0.2, -0.15) is 0 Å². The van der Waals surface area contributed by atoms with E-state index in [2.05, 4.69) is 5.32 Å². The lowest BCUT2D eigenvalue weighted by molar-refractivity contribution is -0.384. The van der Waals surface area contributed by atoms with E-state index in [9.17, 15) is 10.1 Å². The summed E-state index contributed by atoms with van der Waals surface area (Å²) in [6, 6.07) is 4.10. The minimum atomic E-state index is -1.48. The molecule has 0 aliphatic heterocycles. The van der Waals surface area contributed by atoms with Gasteiger partial charge in [-0.1, -0.05) is 0 Å². The molecule has 1 rings (SSSR count). The van der Waals surface area contributed by atoms with Crippen molar-refractivity contribution in [3.8, 4) is 5.75 Å². The van der Waals surface area contributed by atoms with Crippen LogP contribution in [0.3, 0.4) is 0 Å². The van der Waals surface area contributed by atoms with Gasteiger partial charge in [-0.15, -0.1) is 0 Å². The van der Waals surface area contributed by atoms with E-state index in [-0.39, 0.29) is 30.2 Å². The van der Waals surface area contributed by atoms with E-state index in [1.807, 2.05) is 0 Å². The SMILES string of the molecule is CC(O)Nc1ccc(OCCC(O)O)cc1[N+](=O)[O-]. The molecule has 0 fully saturated rings. The van der Waals surface area contributed by atoms with E-state index in [1.54, 1.807) is 0 Å². The summed E-state index contributed by atoms with van der Waals surface area (Å²) in [5, 5.41) is 39.9. The number of benzene rings is 1. The van der Waals surface area contributed by atoms with Gasteiger partial charge in [-0.05, 0) is 19.1 Å². The predicted molar refractivity (Wildman–Crippen MR) is 66.7 cm³/mol. The normalized spacial score (nSPS) is 12.3. The second-order valence-electron chi connectivity index (χ2n) is 3.87. The summed E-state index contributed by atoms with van der Waals surface area (Å²) in [6.07, 6.45) is -2.40. The standard InChI is InChI=1S/C11H16N2O6/c1-7(14)12-9-3-2-8(6-10(9)13(17)18)19-5-4-11(15)16/h2-3,6-7,11-12,14-16H,4-5H2,1H3. The summed E-state index contributed by atoms with van der Waals surface area (Å²) < 4.78 is 5.15. The third kappa shape index (κ3) is 5.08. The van der Waals surface area contributed by atoms with Gasteiger partial charge < -0.3 is 25.4 Å². The second kappa shape index (κ2) is 6.88. The number of hydrogen-bond acceptors (Lipinski definition) is 7. The van der Waals surface area contributed by atoms with E-state index in [0.717, 1.165) is 0 Å². The van der Waals surface area contributed by atoms with Crippen molar-refractivity contribution in [3.05, 3.63) is 28.3 Å². The number of aliphatic hydroxyl groups is 3. The number of nitrogens with zero attached hydrogens (tertiary/aromatic N) is 1. The minimum Gasteiger partial charge on any atom is -0.493 e. The molecule has 8 heteroatoms. The highest BCUT2D eigenvalue weighted by molar-refractivity contribution is 5.64. The molecule has 106 valence electrons. The van der Waals surface area contributed by atoms with Crippen LogP contribution >= 0.6 is 0 Å². The molecule has 0 aliphatic rings. The molecule has 0 saturated carbocycles. The number of rotatable bonds is 7. The molecule has 0 saturated heterocycles. The molecule has 1 unspecified atom stereocenters. The predicted octanol–water partition coefficient (Wildman–Crippen LogP) is 0.425. The Labute approximate surface area is 109 Å². The number of anilines is 1.